The molecule has 0 spiro atoms. The molecule has 2 atom stereocenters. The fourth-order valence-corrected chi connectivity index (χ4v) is 4.97. The third-order valence-corrected chi connectivity index (χ3v) is 6.81. The number of hydrogen-bond acceptors (Lipinski definition) is 5. The molecule has 2 N–H and O–H groups in total. The molecular weight excluding hydrogens is 463 g/mol. The lowest BCUT2D eigenvalue weighted by molar-refractivity contribution is -0.138. The molecule has 0 radical (unpaired) electrons. The van der Waals surface area contributed by atoms with Crippen LogP contribution in [0.1, 0.15) is 67.9 Å². The maximum atomic E-state index is 13.2. The van der Waals surface area contributed by atoms with Crippen LogP contribution in [0, 0.1) is 12.8 Å². The van der Waals surface area contributed by atoms with E-state index in [4.69, 9.17) is 4.52 Å². The summed E-state index contributed by atoms with van der Waals surface area (Å²) in [4.78, 5) is 26.0. The summed E-state index contributed by atoms with van der Waals surface area (Å²) >= 11 is 0. The average Bonchev–Trinajstić information content (AvgIpc) is 3.51. The zero-order valence-corrected chi connectivity index (χ0v) is 19.6. The molecular formula is C25H30F3N3O4. The maximum absolute atomic E-state index is 13.2. The van der Waals surface area contributed by atoms with E-state index in [-0.39, 0.29) is 30.8 Å². The summed E-state index contributed by atoms with van der Waals surface area (Å²) in [6.07, 6.45) is -0.285. The summed E-state index contributed by atoms with van der Waals surface area (Å²) in [5.74, 6) is -1.34. The number of carboxylic acid groups (broad SMARTS) is 1. The van der Waals surface area contributed by atoms with E-state index in [1.54, 1.807) is 36.1 Å². The molecule has 2 aliphatic carbocycles. The predicted octanol–water partition coefficient (Wildman–Crippen LogP) is 5.44. The lowest BCUT2D eigenvalue weighted by atomic mass is 9.93. The van der Waals surface area contributed by atoms with Gasteiger partial charge in [0.1, 0.15) is 5.76 Å². The minimum Gasteiger partial charge on any atom is -0.481 e. The van der Waals surface area contributed by atoms with Crippen LogP contribution in [-0.2, 0) is 16.0 Å². The molecule has 10 heteroatoms. The Balaban J connectivity index is 1.64. The second-order valence-electron chi connectivity index (χ2n) is 9.57. The minimum absolute atomic E-state index is 0.0475. The summed E-state index contributed by atoms with van der Waals surface area (Å²) < 4.78 is 44.6. The summed E-state index contributed by atoms with van der Waals surface area (Å²) in [7, 11) is 0. The van der Waals surface area contributed by atoms with Crippen molar-refractivity contribution in [3.05, 3.63) is 41.3 Å². The molecule has 0 saturated heterocycles. The first-order valence-electron chi connectivity index (χ1n) is 12.0. The van der Waals surface area contributed by atoms with Gasteiger partial charge in [-0.3, -0.25) is 9.59 Å². The first-order valence-corrected chi connectivity index (χ1v) is 12.0. The van der Waals surface area contributed by atoms with Crippen molar-refractivity contribution in [2.45, 2.75) is 76.4 Å². The van der Waals surface area contributed by atoms with E-state index in [0.29, 0.717) is 29.2 Å². The third-order valence-electron chi connectivity index (χ3n) is 6.81. The van der Waals surface area contributed by atoms with Crippen molar-refractivity contribution in [3.8, 4) is 0 Å². The Morgan fingerprint density at radius 2 is 1.94 bits per heavy atom. The van der Waals surface area contributed by atoms with Crippen LogP contribution in [0.3, 0.4) is 0 Å². The number of halogens is 3. The number of nitrogens with one attached hydrogen (secondary N) is 1. The Morgan fingerprint density at radius 3 is 2.54 bits per heavy atom. The van der Waals surface area contributed by atoms with Gasteiger partial charge in [0.15, 0.2) is 0 Å². The van der Waals surface area contributed by atoms with Crippen LogP contribution in [0.5, 0.6) is 0 Å². The monoisotopic (exact) mass is 493 g/mol. The molecule has 0 aliphatic heterocycles. The number of aliphatic carboxylic acids is 1. The van der Waals surface area contributed by atoms with Crippen molar-refractivity contribution in [3.63, 3.8) is 0 Å². The number of aryl methyl sites for hydroxylation is 1. The number of carbonyl (C=O) groups excluding carboxylic acids is 1. The van der Waals surface area contributed by atoms with Crippen LogP contribution >= 0.6 is 0 Å². The first kappa shape index (κ1) is 25.1. The van der Waals surface area contributed by atoms with Gasteiger partial charge >= 0.3 is 12.1 Å². The molecule has 2 saturated carbocycles. The zero-order valence-electron chi connectivity index (χ0n) is 19.6. The summed E-state index contributed by atoms with van der Waals surface area (Å²) in [6, 6.07) is 6.82. The van der Waals surface area contributed by atoms with Crippen molar-refractivity contribution >= 4 is 23.3 Å². The zero-order chi connectivity index (χ0) is 25.2. The van der Waals surface area contributed by atoms with Crippen molar-refractivity contribution in [2.75, 3.05) is 16.8 Å². The van der Waals surface area contributed by atoms with Crippen LogP contribution in [0.2, 0.25) is 0 Å². The highest BCUT2D eigenvalue weighted by molar-refractivity contribution is 5.95. The Hall–Kier alpha value is -3.04. The van der Waals surface area contributed by atoms with Crippen LogP contribution in [0.25, 0.3) is 0 Å². The van der Waals surface area contributed by atoms with E-state index in [0.717, 1.165) is 37.7 Å². The number of rotatable bonds is 9. The van der Waals surface area contributed by atoms with Gasteiger partial charge in [-0.05, 0) is 49.8 Å². The SMILES string of the molecule is Cc1cc(CC(=O)Nc2cc(C3C[C@@H]3C(=O)O)ccc2N(CCC(F)(F)F)C2CCCCC2)no1. The normalized spacial score (nSPS) is 20.5. The fraction of sp³-hybridized carbons (Fsp3) is 0.560. The highest BCUT2D eigenvalue weighted by Crippen LogP contribution is 2.49. The topological polar surface area (TPSA) is 95.7 Å². The van der Waals surface area contributed by atoms with Gasteiger partial charge in [-0.2, -0.15) is 13.2 Å². The van der Waals surface area contributed by atoms with Gasteiger partial charge in [0.05, 0.1) is 35.8 Å². The number of nitrogens with zero attached hydrogens (tertiary/aromatic N) is 2. The largest absolute Gasteiger partial charge is 0.481 e. The minimum atomic E-state index is -4.30. The van der Waals surface area contributed by atoms with Gasteiger partial charge in [0, 0.05) is 18.7 Å². The van der Waals surface area contributed by atoms with Crippen LogP contribution < -0.4 is 10.2 Å². The number of benzene rings is 1. The molecule has 1 heterocycles. The number of carbonyl (C=O) groups is 2. The Kier molecular flexibility index (Phi) is 7.37. The average molecular weight is 494 g/mol. The summed E-state index contributed by atoms with van der Waals surface area (Å²) in [6.45, 7) is 1.51. The van der Waals surface area contributed by atoms with Crippen molar-refractivity contribution in [1.82, 2.24) is 5.16 Å². The molecule has 1 aromatic heterocycles. The van der Waals surface area contributed by atoms with Crippen molar-refractivity contribution < 1.29 is 32.4 Å². The van der Waals surface area contributed by atoms with Gasteiger partial charge in [-0.25, -0.2) is 0 Å². The summed E-state index contributed by atoms with van der Waals surface area (Å²) in [5, 5.41) is 16.0. The van der Waals surface area contributed by atoms with E-state index in [1.165, 1.54) is 0 Å². The molecule has 2 aliphatic rings. The van der Waals surface area contributed by atoms with Crippen molar-refractivity contribution in [1.29, 1.82) is 0 Å². The summed E-state index contributed by atoms with van der Waals surface area (Å²) in [5.41, 5.74) is 2.14. The van der Waals surface area contributed by atoms with E-state index >= 15 is 0 Å². The molecule has 2 aromatic rings. The van der Waals surface area contributed by atoms with Crippen molar-refractivity contribution in [2.24, 2.45) is 5.92 Å². The van der Waals surface area contributed by atoms with Gasteiger partial charge in [-0.15, -0.1) is 0 Å². The van der Waals surface area contributed by atoms with E-state index < -0.39 is 24.5 Å². The molecule has 1 unspecified atom stereocenters. The number of amides is 1. The highest BCUT2D eigenvalue weighted by Gasteiger charge is 2.44. The predicted molar refractivity (Wildman–Crippen MR) is 123 cm³/mol. The molecule has 4 rings (SSSR count). The number of carboxylic acids is 1. The Bertz CT molecular complexity index is 1060. The molecule has 190 valence electrons. The first-order chi connectivity index (χ1) is 16.6. The molecule has 7 nitrogen and oxygen atoms in total. The van der Waals surface area contributed by atoms with Gasteiger partial charge < -0.3 is 19.8 Å². The molecule has 1 aromatic carbocycles. The molecule has 0 bridgehead atoms. The van der Waals surface area contributed by atoms with E-state index in [1.807, 2.05) is 0 Å². The van der Waals surface area contributed by atoms with Crippen LogP contribution in [0.15, 0.2) is 28.8 Å². The maximum Gasteiger partial charge on any atom is 0.390 e. The molecule has 35 heavy (non-hydrogen) atoms. The lowest BCUT2D eigenvalue weighted by Crippen LogP contribution is -2.39. The number of hydrogen-bond donors (Lipinski definition) is 2. The second kappa shape index (κ2) is 10.3. The van der Waals surface area contributed by atoms with E-state index in [9.17, 15) is 27.9 Å². The number of aromatic nitrogens is 1. The second-order valence-corrected chi connectivity index (χ2v) is 9.57. The van der Waals surface area contributed by atoms with Gasteiger partial charge in [-0.1, -0.05) is 30.5 Å². The third kappa shape index (κ3) is 6.55. The lowest BCUT2D eigenvalue weighted by Gasteiger charge is -2.37. The van der Waals surface area contributed by atoms with Crippen LogP contribution in [-0.4, -0.2) is 40.9 Å². The Morgan fingerprint density at radius 1 is 1.20 bits per heavy atom. The quantitative estimate of drug-likeness (QED) is 0.483. The number of anilines is 2. The van der Waals surface area contributed by atoms with E-state index in [2.05, 4.69) is 10.5 Å². The molecule has 2 fully saturated rings. The number of alkyl halides is 3. The Labute approximate surface area is 201 Å². The fourth-order valence-electron chi connectivity index (χ4n) is 4.97. The van der Waals surface area contributed by atoms with Gasteiger partial charge in [0.25, 0.3) is 0 Å². The van der Waals surface area contributed by atoms with Gasteiger partial charge in [0.2, 0.25) is 5.91 Å². The smallest absolute Gasteiger partial charge is 0.390 e. The standard InChI is InChI=1S/C25H30F3N3O4/c1-15-11-17(30-35-15)13-23(32)29-21-12-16(19-14-20(19)24(33)34)7-8-22(21)31(10-9-25(26,27)28)18-5-3-2-4-6-18/h7-8,11-12,18-20H,2-6,9-10,13-14H2,1H3,(H,29,32)(H,33,34)/t19?,20-/m0/s1. The van der Waals surface area contributed by atoms with Crippen LogP contribution in [0.4, 0.5) is 24.5 Å². The molecule has 1 amide bonds. The highest BCUT2D eigenvalue weighted by atomic mass is 19.4.